The van der Waals surface area contributed by atoms with Crippen LogP contribution in [-0.4, -0.2) is 37.8 Å². The van der Waals surface area contributed by atoms with E-state index in [-0.39, 0.29) is 5.54 Å². The zero-order valence-electron chi connectivity index (χ0n) is 21.0. The van der Waals surface area contributed by atoms with E-state index in [4.69, 9.17) is 15.8 Å². The lowest BCUT2D eigenvalue weighted by Crippen LogP contribution is -2.56. The van der Waals surface area contributed by atoms with Gasteiger partial charge in [-0.2, -0.15) is 4.40 Å². The molecule has 0 radical (unpaired) electrons. The molecule has 8 heteroatoms. The lowest BCUT2D eigenvalue weighted by Gasteiger charge is -2.45. The molecule has 1 saturated carbocycles. The van der Waals surface area contributed by atoms with Crippen molar-refractivity contribution in [2.24, 2.45) is 5.73 Å². The molecule has 6 aromatic rings. The van der Waals surface area contributed by atoms with E-state index in [9.17, 15) is 0 Å². The Labute approximate surface area is 219 Å². The van der Waals surface area contributed by atoms with E-state index in [1.54, 1.807) is 18.5 Å². The van der Waals surface area contributed by atoms with Gasteiger partial charge in [-0.05, 0) is 61.3 Å². The van der Waals surface area contributed by atoms with E-state index in [1.165, 1.54) is 0 Å². The molecule has 0 aliphatic heterocycles. The number of benzene rings is 2. The average Bonchev–Trinajstić information content (AvgIpc) is 3.36. The van der Waals surface area contributed by atoms with Crippen molar-refractivity contribution in [1.82, 2.24) is 30.0 Å². The van der Waals surface area contributed by atoms with Gasteiger partial charge in [0.05, 0.1) is 22.2 Å². The van der Waals surface area contributed by atoms with Gasteiger partial charge >= 0.3 is 5.82 Å². The summed E-state index contributed by atoms with van der Waals surface area (Å²) >= 11 is 0. The second-order valence-corrected chi connectivity index (χ2v) is 9.94. The van der Waals surface area contributed by atoms with Crippen molar-refractivity contribution >= 4 is 16.6 Å². The average molecular weight is 500 g/mol. The zero-order chi connectivity index (χ0) is 25.7. The minimum atomic E-state index is -0.294. The number of pyridine rings is 2. The van der Waals surface area contributed by atoms with E-state index < -0.39 is 0 Å². The Balaban J connectivity index is 1.43. The third-order valence-corrected chi connectivity index (χ3v) is 7.58. The standard InChI is InChI=1S/C30H27N8/c1-32-23-17-30(31,18-23)22-8-10-24(11-9-22)38-29-25-16-21(20-6-3-2-4-7-20)19-35-26(25)12-15-37(29)28(36-38)27-33-13-5-14-34-27/h2-16,19,23,32H,17-18,31H2,1H3/q+1. The van der Waals surface area contributed by atoms with Crippen molar-refractivity contribution < 1.29 is 4.40 Å². The molecule has 1 aliphatic carbocycles. The largest absolute Gasteiger partial charge is 0.351 e. The number of nitrogens with two attached hydrogens (primary N) is 1. The summed E-state index contributed by atoms with van der Waals surface area (Å²) in [5.74, 6) is 1.21. The maximum Gasteiger partial charge on any atom is 0.351 e. The zero-order valence-corrected chi connectivity index (χ0v) is 21.0. The highest BCUT2D eigenvalue weighted by Crippen LogP contribution is 2.39. The molecule has 1 aliphatic rings. The topological polar surface area (TPSA) is 98.6 Å². The first kappa shape index (κ1) is 22.7. The van der Waals surface area contributed by atoms with Crippen LogP contribution in [0.5, 0.6) is 0 Å². The van der Waals surface area contributed by atoms with E-state index in [2.05, 4.69) is 57.7 Å². The van der Waals surface area contributed by atoms with Gasteiger partial charge in [0.2, 0.25) is 5.82 Å². The minimum absolute atomic E-state index is 0.294. The van der Waals surface area contributed by atoms with Gasteiger partial charge in [0.1, 0.15) is 5.69 Å². The number of nitrogens with zero attached hydrogens (tertiary/aromatic N) is 6. The van der Waals surface area contributed by atoms with Crippen LogP contribution in [0.2, 0.25) is 0 Å². The van der Waals surface area contributed by atoms with Crippen LogP contribution in [0.15, 0.2) is 97.6 Å². The van der Waals surface area contributed by atoms with E-state index >= 15 is 0 Å². The van der Waals surface area contributed by atoms with Crippen LogP contribution in [0, 0.1) is 0 Å². The van der Waals surface area contributed by atoms with E-state index in [0.717, 1.165) is 51.8 Å². The van der Waals surface area contributed by atoms with Crippen LogP contribution in [0.25, 0.3) is 45.0 Å². The Morgan fingerprint density at radius 1 is 0.921 bits per heavy atom. The second kappa shape index (κ2) is 8.79. The van der Waals surface area contributed by atoms with Gasteiger partial charge in [0.25, 0.3) is 5.65 Å². The van der Waals surface area contributed by atoms with Gasteiger partial charge in [-0.1, -0.05) is 47.1 Å². The van der Waals surface area contributed by atoms with Crippen molar-refractivity contribution in [2.45, 2.75) is 24.4 Å². The molecule has 3 N–H and O–H groups in total. The molecular formula is C30H27N8+. The number of fused-ring (bicyclic) bond motifs is 3. The smallest absolute Gasteiger partial charge is 0.321 e. The summed E-state index contributed by atoms with van der Waals surface area (Å²) in [5, 5.41) is 9.32. The highest BCUT2D eigenvalue weighted by atomic mass is 15.4. The van der Waals surface area contributed by atoms with E-state index in [1.807, 2.05) is 52.8 Å². The maximum atomic E-state index is 6.70. The Bertz CT molecular complexity index is 1760. The molecule has 7 rings (SSSR count). The molecular weight excluding hydrogens is 472 g/mol. The summed E-state index contributed by atoms with van der Waals surface area (Å²) in [4.78, 5) is 13.8. The summed E-state index contributed by atoms with van der Waals surface area (Å²) in [6.45, 7) is 0. The predicted octanol–water partition coefficient (Wildman–Crippen LogP) is 3.82. The Kier molecular flexibility index (Phi) is 5.24. The van der Waals surface area contributed by atoms with Gasteiger partial charge in [0.15, 0.2) is 0 Å². The van der Waals surface area contributed by atoms with Crippen LogP contribution in [-0.2, 0) is 5.54 Å². The molecule has 4 heterocycles. The normalized spacial score (nSPS) is 19.1. The molecule has 0 bridgehead atoms. The van der Waals surface area contributed by atoms with Gasteiger partial charge in [-0.25, -0.2) is 9.97 Å². The van der Waals surface area contributed by atoms with Crippen LogP contribution in [0.3, 0.4) is 0 Å². The van der Waals surface area contributed by atoms with E-state index in [0.29, 0.717) is 17.7 Å². The first-order valence-corrected chi connectivity index (χ1v) is 12.8. The van der Waals surface area contributed by atoms with Crippen LogP contribution in [0.1, 0.15) is 18.4 Å². The Morgan fingerprint density at radius 2 is 1.68 bits per heavy atom. The first-order chi connectivity index (χ1) is 18.6. The van der Waals surface area contributed by atoms with Crippen LogP contribution < -0.4 is 15.5 Å². The summed E-state index contributed by atoms with van der Waals surface area (Å²) in [5.41, 5.74) is 12.4. The minimum Gasteiger partial charge on any atom is -0.321 e. The van der Waals surface area contributed by atoms with Gasteiger partial charge in [-0.15, -0.1) is 0 Å². The van der Waals surface area contributed by atoms with Gasteiger partial charge < -0.3 is 11.1 Å². The second-order valence-electron chi connectivity index (χ2n) is 9.94. The third kappa shape index (κ3) is 3.65. The quantitative estimate of drug-likeness (QED) is 0.350. The summed E-state index contributed by atoms with van der Waals surface area (Å²) < 4.78 is 3.99. The molecule has 0 unspecified atom stereocenters. The molecule has 186 valence electrons. The molecule has 0 saturated heterocycles. The lowest BCUT2D eigenvalue weighted by atomic mass is 9.69. The summed E-state index contributed by atoms with van der Waals surface area (Å²) in [7, 11) is 1.99. The van der Waals surface area contributed by atoms with Crippen molar-refractivity contribution in [3.63, 3.8) is 0 Å². The summed E-state index contributed by atoms with van der Waals surface area (Å²) in [6.07, 6.45) is 9.22. The lowest BCUT2D eigenvalue weighted by molar-refractivity contribution is -0.499. The first-order valence-electron chi connectivity index (χ1n) is 12.8. The fourth-order valence-electron chi connectivity index (χ4n) is 5.44. The molecule has 1 fully saturated rings. The molecule has 2 aromatic carbocycles. The molecule has 0 spiro atoms. The number of nitrogens with one attached hydrogen (secondary N) is 1. The Hall–Kier alpha value is -4.53. The van der Waals surface area contributed by atoms with Crippen molar-refractivity contribution in [3.8, 4) is 28.5 Å². The van der Waals surface area contributed by atoms with Crippen molar-refractivity contribution in [3.05, 3.63) is 103 Å². The molecule has 0 amide bonds. The number of aromatic nitrogens is 6. The summed E-state index contributed by atoms with van der Waals surface area (Å²) in [6, 6.07) is 25.2. The van der Waals surface area contributed by atoms with Gasteiger partial charge in [-0.3, -0.25) is 4.98 Å². The molecule has 0 atom stereocenters. The third-order valence-electron chi connectivity index (χ3n) is 7.58. The predicted molar refractivity (Wildman–Crippen MR) is 146 cm³/mol. The van der Waals surface area contributed by atoms with Gasteiger partial charge in [0, 0.05) is 35.7 Å². The monoisotopic (exact) mass is 499 g/mol. The highest BCUT2D eigenvalue weighted by molar-refractivity contribution is 5.93. The SMILES string of the molecule is CNC1CC(N)(c2ccc(-n3nc(-c4ncccn4)[n+]4ccc5ncc(-c6ccccc6)cc5c34)cc2)C1. The number of rotatable bonds is 5. The fourth-order valence-corrected chi connectivity index (χ4v) is 5.44. The Morgan fingerprint density at radius 3 is 2.42 bits per heavy atom. The van der Waals surface area contributed by atoms with Crippen molar-refractivity contribution in [2.75, 3.05) is 7.05 Å². The number of hydrogen-bond acceptors (Lipinski definition) is 6. The fraction of sp³-hybridized carbons (Fsp3) is 0.167. The molecule has 4 aromatic heterocycles. The van der Waals surface area contributed by atoms with Crippen LogP contribution >= 0.6 is 0 Å². The highest BCUT2D eigenvalue weighted by Gasteiger charge is 2.41. The maximum absolute atomic E-state index is 6.70. The molecule has 38 heavy (non-hydrogen) atoms. The van der Waals surface area contributed by atoms with Crippen LogP contribution in [0.4, 0.5) is 0 Å². The van der Waals surface area contributed by atoms with Crippen molar-refractivity contribution in [1.29, 1.82) is 0 Å². The molecule has 8 nitrogen and oxygen atoms in total. The number of hydrogen-bond donors (Lipinski definition) is 2.